The highest BCUT2D eigenvalue weighted by molar-refractivity contribution is 6.33. The summed E-state index contributed by atoms with van der Waals surface area (Å²) in [4.78, 5) is 79.0. The number of nitrogens with two attached hydrogens (primary N) is 1. The first-order valence-corrected chi connectivity index (χ1v) is 21.9. The van der Waals surface area contributed by atoms with Crippen molar-refractivity contribution in [1.82, 2.24) is 29.7 Å². The lowest BCUT2D eigenvalue weighted by Crippen LogP contribution is -2.56. The minimum absolute atomic E-state index is 0.0101. The number of benzene rings is 2. The minimum atomic E-state index is -0.783. The van der Waals surface area contributed by atoms with E-state index in [9.17, 15) is 24.0 Å². The summed E-state index contributed by atoms with van der Waals surface area (Å²) in [7, 11) is 0. The summed E-state index contributed by atoms with van der Waals surface area (Å²) in [5.74, 6) is -1.32. The van der Waals surface area contributed by atoms with Crippen LogP contribution in [-0.4, -0.2) is 118 Å². The average Bonchev–Trinajstić information content (AvgIpc) is 3.58. The quantitative estimate of drug-likeness (QED) is 0.174. The largest absolute Gasteiger partial charge is 0.478 e. The molecule has 2 aromatic heterocycles. The lowest BCUT2D eigenvalue weighted by atomic mass is 9.87. The normalized spacial score (nSPS) is 22.1. The number of anilines is 4. The molecule has 4 amide bonds. The van der Waals surface area contributed by atoms with Gasteiger partial charge in [0.25, 0.3) is 17.4 Å². The van der Waals surface area contributed by atoms with Gasteiger partial charge in [-0.3, -0.25) is 34.2 Å². The van der Waals surface area contributed by atoms with Crippen molar-refractivity contribution in [3.8, 4) is 5.75 Å². The number of nitrogens with zero attached hydrogens (tertiary/aromatic N) is 7. The van der Waals surface area contributed by atoms with Gasteiger partial charge in [0, 0.05) is 80.0 Å². The number of nitrogens with one attached hydrogen (secondary N) is 2. The van der Waals surface area contributed by atoms with Gasteiger partial charge < -0.3 is 39.8 Å². The second-order valence-electron chi connectivity index (χ2n) is 17.2. The van der Waals surface area contributed by atoms with Crippen LogP contribution in [0.2, 0.25) is 5.02 Å². The van der Waals surface area contributed by atoms with Gasteiger partial charge in [-0.2, -0.15) is 4.98 Å². The van der Waals surface area contributed by atoms with Crippen LogP contribution in [0, 0.1) is 5.82 Å². The highest BCUT2D eigenvalue weighted by atomic mass is 35.5. The van der Waals surface area contributed by atoms with Crippen LogP contribution in [0.15, 0.2) is 47.4 Å². The zero-order valence-electron chi connectivity index (χ0n) is 35.1. The number of pyridine rings is 1. The van der Waals surface area contributed by atoms with E-state index in [0.717, 1.165) is 51.9 Å². The molecule has 4 aromatic rings. The molecule has 4 N–H and O–H groups in total. The van der Waals surface area contributed by atoms with Crippen molar-refractivity contribution in [2.24, 2.45) is 5.73 Å². The molecule has 4 aliphatic heterocycles. The first-order chi connectivity index (χ1) is 30.3. The van der Waals surface area contributed by atoms with Crippen molar-refractivity contribution in [2.45, 2.75) is 89.3 Å². The van der Waals surface area contributed by atoms with Crippen molar-refractivity contribution in [3.63, 3.8) is 0 Å². The van der Waals surface area contributed by atoms with Crippen molar-refractivity contribution in [2.75, 3.05) is 61.0 Å². The van der Waals surface area contributed by atoms with E-state index in [2.05, 4.69) is 25.4 Å². The molecule has 2 aromatic carbocycles. The number of aromatic nitrogens is 3. The Morgan fingerprint density at radius 1 is 0.984 bits per heavy atom. The number of fused-ring (bicyclic) bond motifs is 2. The lowest BCUT2D eigenvalue weighted by Gasteiger charge is -2.47. The number of piperidine rings is 2. The van der Waals surface area contributed by atoms with Gasteiger partial charge in [0.15, 0.2) is 24.0 Å². The van der Waals surface area contributed by atoms with Gasteiger partial charge in [0.2, 0.25) is 17.8 Å². The van der Waals surface area contributed by atoms with E-state index < -0.39 is 30.3 Å². The van der Waals surface area contributed by atoms with Crippen LogP contribution in [0.4, 0.5) is 27.5 Å². The van der Waals surface area contributed by atoms with Crippen molar-refractivity contribution >= 4 is 69.3 Å². The van der Waals surface area contributed by atoms with Crippen molar-refractivity contribution in [3.05, 3.63) is 74.9 Å². The smallest absolute Gasteiger partial charge is 0.293 e. The molecule has 332 valence electrons. The second kappa shape index (κ2) is 17.4. The van der Waals surface area contributed by atoms with Crippen LogP contribution in [-0.2, 0) is 25.7 Å². The Bertz CT molecular complexity index is 2530. The molecule has 0 radical (unpaired) electrons. The Morgan fingerprint density at radius 3 is 2.46 bits per heavy atom. The van der Waals surface area contributed by atoms with Gasteiger partial charge in [0.05, 0.1) is 36.2 Å². The number of amides is 4. The zero-order valence-corrected chi connectivity index (χ0v) is 35.9. The zero-order chi connectivity index (χ0) is 44.1. The van der Waals surface area contributed by atoms with E-state index in [4.69, 9.17) is 31.8 Å². The van der Waals surface area contributed by atoms with E-state index in [0.29, 0.717) is 63.8 Å². The Labute approximate surface area is 367 Å². The molecule has 1 saturated carbocycles. The number of ether oxygens (including phenoxy) is 2. The van der Waals surface area contributed by atoms with Crippen molar-refractivity contribution < 1.29 is 33.0 Å². The summed E-state index contributed by atoms with van der Waals surface area (Å²) in [5.41, 5.74) is 7.36. The maximum Gasteiger partial charge on any atom is 0.293 e. The molecule has 19 heteroatoms. The molecule has 4 fully saturated rings. The lowest BCUT2D eigenvalue weighted by molar-refractivity contribution is -0.137. The minimum Gasteiger partial charge on any atom is -0.478 e. The molecule has 3 saturated heterocycles. The highest BCUT2D eigenvalue weighted by Gasteiger charge is 2.42. The third-order valence-electron chi connectivity index (χ3n) is 12.9. The van der Waals surface area contributed by atoms with E-state index in [1.807, 2.05) is 36.9 Å². The Morgan fingerprint density at radius 2 is 1.75 bits per heavy atom. The SMILES string of the molecule is CC(C)n1c(=O)c(OCC(N)=O)cc2cc(Nc3nc(N4CCC(OC5CC(N6CCN(c7ccc8c(c7F)CN([C@@H]7CCC(=O)NC7=O)C8=O)CC6)C5)CC4)ncc3Cl)ccc21. The molecule has 5 aliphatic rings. The van der Waals surface area contributed by atoms with Crippen LogP contribution in [0.5, 0.6) is 5.75 Å². The van der Waals surface area contributed by atoms with Crippen LogP contribution >= 0.6 is 11.6 Å². The molecule has 1 aliphatic carbocycles. The molecule has 6 heterocycles. The van der Waals surface area contributed by atoms with Gasteiger partial charge in [-0.15, -0.1) is 0 Å². The van der Waals surface area contributed by atoms with E-state index in [1.54, 1.807) is 29.0 Å². The summed E-state index contributed by atoms with van der Waals surface area (Å²) in [6.07, 6.45) is 5.85. The van der Waals surface area contributed by atoms with E-state index >= 15 is 4.39 Å². The van der Waals surface area contributed by atoms with Crippen LogP contribution in [0.25, 0.3) is 10.9 Å². The number of primary amides is 1. The molecule has 63 heavy (non-hydrogen) atoms. The maximum atomic E-state index is 16.0. The maximum absolute atomic E-state index is 16.0. The first kappa shape index (κ1) is 42.5. The van der Waals surface area contributed by atoms with Gasteiger partial charge in [-0.25, -0.2) is 9.37 Å². The molecular formula is C44H50ClFN10O7. The monoisotopic (exact) mass is 884 g/mol. The predicted molar refractivity (Wildman–Crippen MR) is 233 cm³/mol. The topological polar surface area (TPSA) is 198 Å². The van der Waals surface area contributed by atoms with Gasteiger partial charge >= 0.3 is 0 Å². The summed E-state index contributed by atoms with van der Waals surface area (Å²) < 4.78 is 29.6. The summed E-state index contributed by atoms with van der Waals surface area (Å²) in [5, 5.41) is 6.66. The predicted octanol–water partition coefficient (Wildman–Crippen LogP) is 3.87. The van der Waals surface area contributed by atoms with Crippen molar-refractivity contribution in [1.29, 1.82) is 0 Å². The molecule has 1 atom stereocenters. The second-order valence-corrected chi connectivity index (χ2v) is 17.6. The number of piperazine rings is 1. The fourth-order valence-corrected chi connectivity index (χ4v) is 9.61. The fourth-order valence-electron chi connectivity index (χ4n) is 9.47. The number of carbonyl (C=O) groups is 4. The highest BCUT2D eigenvalue weighted by Crippen LogP contribution is 2.37. The number of hydrogen-bond acceptors (Lipinski definition) is 13. The molecule has 0 unspecified atom stereocenters. The summed E-state index contributed by atoms with van der Waals surface area (Å²) >= 11 is 6.57. The molecule has 17 nitrogen and oxygen atoms in total. The molecule has 0 spiro atoms. The Kier molecular flexibility index (Phi) is 11.7. The standard InChI is InChI=1S/C44H50ClFN10O7/c1-24(2)56-33-5-3-26(17-25(33)18-36(43(56)61)62-23-37(47)57)49-40-32(45)21-48-44(51-40)54-11-9-28(10-12-54)63-29-19-27(20-29)52-13-15-53(16-14-52)34-6-4-30-31(39(34)46)22-55(42(30)60)35-7-8-38(58)50-41(35)59/h3-6,17-18,21,24,27-29,35H,7-16,19-20,22-23H2,1-2H3,(H2,47,57)(H,48,49,51)(H,50,58,59)/t27?,29?,35-/m1/s1. The fraction of sp³-hybridized carbons (Fsp3) is 0.477. The Hall–Kier alpha value is -5.85. The van der Waals surface area contributed by atoms with Gasteiger partial charge in [0.1, 0.15) is 11.1 Å². The third kappa shape index (κ3) is 8.50. The Balaban J connectivity index is 0.746. The molecule has 9 rings (SSSR count). The molecular weight excluding hydrogens is 835 g/mol. The first-order valence-electron chi connectivity index (χ1n) is 21.6. The number of rotatable bonds is 12. The number of imide groups is 1. The molecule has 0 bridgehead atoms. The van der Waals surface area contributed by atoms with Gasteiger partial charge in [-0.1, -0.05) is 11.6 Å². The average molecular weight is 885 g/mol. The van der Waals surface area contributed by atoms with Gasteiger partial charge in [-0.05, 0) is 82.3 Å². The van der Waals surface area contributed by atoms with Crippen LogP contribution in [0.1, 0.15) is 74.3 Å². The third-order valence-corrected chi connectivity index (χ3v) is 13.1. The van der Waals surface area contributed by atoms with Crippen LogP contribution < -0.4 is 36.5 Å². The van der Waals surface area contributed by atoms with E-state index in [-0.39, 0.29) is 66.3 Å². The summed E-state index contributed by atoms with van der Waals surface area (Å²) in [6.45, 7) is 7.75. The number of halogens is 2. The number of carbonyl (C=O) groups excluding carboxylic acids is 4. The van der Waals surface area contributed by atoms with E-state index in [1.165, 1.54) is 4.90 Å². The summed E-state index contributed by atoms with van der Waals surface area (Å²) in [6, 6.07) is 9.95. The number of hydrogen-bond donors (Lipinski definition) is 3. The van der Waals surface area contributed by atoms with Crippen LogP contribution in [0.3, 0.4) is 0 Å².